The molecule has 156 valence electrons. The normalized spacial score (nSPS) is 26.8. The number of fused-ring (bicyclic) bond motifs is 1. The molecule has 3 N–H and O–H groups in total. The van der Waals surface area contributed by atoms with Crippen molar-refractivity contribution >= 4 is 39.9 Å². The van der Waals surface area contributed by atoms with Crippen molar-refractivity contribution in [3.8, 4) is 11.8 Å². The number of hydrogen-bond donors (Lipinski definition) is 3. The number of anilines is 1. The molecule has 2 aliphatic rings. The van der Waals surface area contributed by atoms with Gasteiger partial charge >= 0.3 is 0 Å². The van der Waals surface area contributed by atoms with Gasteiger partial charge in [0.15, 0.2) is 17.0 Å². The Morgan fingerprint density at radius 1 is 1.23 bits per heavy atom. The molecule has 3 aromatic rings. The zero-order valence-corrected chi connectivity index (χ0v) is 17.5. The summed E-state index contributed by atoms with van der Waals surface area (Å²) in [6, 6.07) is 3.91. The molecule has 1 saturated heterocycles. The van der Waals surface area contributed by atoms with Crippen molar-refractivity contribution in [3.05, 3.63) is 34.0 Å². The lowest BCUT2D eigenvalue weighted by molar-refractivity contribution is -0.0748. The van der Waals surface area contributed by atoms with Crippen LogP contribution in [0, 0.1) is 11.8 Å². The van der Waals surface area contributed by atoms with Gasteiger partial charge in [-0.15, -0.1) is 11.3 Å². The third-order valence-electron chi connectivity index (χ3n) is 5.56. The highest BCUT2D eigenvalue weighted by molar-refractivity contribution is 7.16. The molecular weight excluding hydrogens is 426 g/mol. The molecule has 0 radical (unpaired) electrons. The van der Waals surface area contributed by atoms with E-state index in [-0.39, 0.29) is 6.61 Å². The largest absolute Gasteiger partial charge is 0.388 e. The average molecular weight is 446 g/mol. The first-order valence-corrected chi connectivity index (χ1v) is 11.0. The summed E-state index contributed by atoms with van der Waals surface area (Å²) in [7, 11) is 0. The van der Waals surface area contributed by atoms with Crippen LogP contribution in [-0.4, -0.2) is 54.6 Å². The Morgan fingerprint density at radius 2 is 2.07 bits per heavy atom. The molecule has 0 bridgehead atoms. The van der Waals surface area contributed by atoms with Crippen LogP contribution in [0.25, 0.3) is 11.2 Å². The van der Waals surface area contributed by atoms with E-state index in [0.717, 1.165) is 17.7 Å². The molecule has 0 spiro atoms. The number of thiophene rings is 1. The standard InChI is InChI=1S/C20H20ClN5O3S/c21-15-6-5-13(30-15)7-8-20(17(28)14(27)9-29-20)26-11-24-16-18(22-10-23-19(16)26)25-12-3-1-2-4-12/h5-6,10-12,14,17,27-28H,1-4,9H2,(H,22,23,25)/t14-,17+,20+/m0/s1. The van der Waals surface area contributed by atoms with Crippen LogP contribution >= 0.6 is 22.9 Å². The lowest BCUT2D eigenvalue weighted by Crippen LogP contribution is -2.44. The van der Waals surface area contributed by atoms with Gasteiger partial charge in [0, 0.05) is 6.04 Å². The van der Waals surface area contributed by atoms with Gasteiger partial charge in [-0.2, -0.15) is 0 Å². The van der Waals surface area contributed by atoms with E-state index in [4.69, 9.17) is 16.3 Å². The first-order valence-electron chi connectivity index (χ1n) is 9.80. The Kier molecular flexibility index (Phi) is 5.13. The van der Waals surface area contributed by atoms with Gasteiger partial charge in [0.1, 0.15) is 24.9 Å². The molecule has 2 fully saturated rings. The molecule has 1 aliphatic carbocycles. The third kappa shape index (κ3) is 3.35. The Labute approximate surface area is 181 Å². The van der Waals surface area contributed by atoms with Crippen molar-refractivity contribution in [1.29, 1.82) is 0 Å². The van der Waals surface area contributed by atoms with E-state index in [1.54, 1.807) is 16.7 Å². The smallest absolute Gasteiger partial charge is 0.241 e. The van der Waals surface area contributed by atoms with Crippen LogP contribution in [-0.2, 0) is 10.5 Å². The summed E-state index contributed by atoms with van der Waals surface area (Å²) < 4.78 is 8.05. The second-order valence-electron chi connectivity index (χ2n) is 7.51. The molecular formula is C20H20ClN5O3S. The van der Waals surface area contributed by atoms with E-state index in [2.05, 4.69) is 32.1 Å². The minimum atomic E-state index is -1.52. The predicted molar refractivity (Wildman–Crippen MR) is 113 cm³/mol. The lowest BCUT2D eigenvalue weighted by Gasteiger charge is -2.28. The first kappa shape index (κ1) is 19.7. The number of aromatic nitrogens is 4. The van der Waals surface area contributed by atoms with Gasteiger partial charge in [-0.1, -0.05) is 30.4 Å². The van der Waals surface area contributed by atoms with Crippen molar-refractivity contribution < 1.29 is 14.9 Å². The number of ether oxygens (including phenoxy) is 1. The minimum absolute atomic E-state index is 0.0566. The van der Waals surface area contributed by atoms with Gasteiger partial charge in [-0.05, 0) is 30.9 Å². The van der Waals surface area contributed by atoms with Crippen molar-refractivity contribution in [2.24, 2.45) is 0 Å². The molecule has 4 heterocycles. The molecule has 30 heavy (non-hydrogen) atoms. The number of imidazole rings is 1. The van der Waals surface area contributed by atoms with E-state index in [1.165, 1.54) is 36.8 Å². The average Bonchev–Trinajstić information content (AvgIpc) is 3.52. The molecule has 0 aromatic carbocycles. The Bertz CT molecular complexity index is 1130. The van der Waals surface area contributed by atoms with Crippen LogP contribution in [0.4, 0.5) is 5.82 Å². The number of rotatable bonds is 3. The highest BCUT2D eigenvalue weighted by atomic mass is 35.5. The van der Waals surface area contributed by atoms with Crippen LogP contribution in [0.1, 0.15) is 30.6 Å². The van der Waals surface area contributed by atoms with Crippen LogP contribution in [0.15, 0.2) is 24.8 Å². The van der Waals surface area contributed by atoms with Crippen molar-refractivity contribution in [2.45, 2.75) is 49.7 Å². The quantitative estimate of drug-likeness (QED) is 0.531. The highest BCUT2D eigenvalue weighted by Crippen LogP contribution is 2.35. The van der Waals surface area contributed by atoms with Crippen LogP contribution < -0.4 is 5.32 Å². The zero-order valence-electron chi connectivity index (χ0n) is 16.0. The predicted octanol–water partition coefficient (Wildman–Crippen LogP) is 2.35. The fourth-order valence-electron chi connectivity index (χ4n) is 4.01. The maximum absolute atomic E-state index is 10.8. The maximum atomic E-state index is 10.8. The van der Waals surface area contributed by atoms with Crippen molar-refractivity contribution in [2.75, 3.05) is 11.9 Å². The molecule has 1 saturated carbocycles. The Balaban J connectivity index is 1.59. The minimum Gasteiger partial charge on any atom is -0.388 e. The SMILES string of the molecule is O[C@@H]1[C@@H](O)CO[C@@]1(C#Cc1ccc(Cl)s1)n1cnc2c(NC3CCCC3)ncnc21. The topological polar surface area (TPSA) is 105 Å². The molecule has 3 aromatic heterocycles. The molecule has 5 rings (SSSR count). The number of halogens is 1. The fourth-order valence-corrected chi connectivity index (χ4v) is 4.91. The number of aliphatic hydroxyl groups excluding tert-OH is 2. The second-order valence-corrected chi connectivity index (χ2v) is 9.22. The number of hydrogen-bond acceptors (Lipinski definition) is 8. The van der Waals surface area contributed by atoms with E-state index in [9.17, 15) is 10.2 Å². The number of nitrogens with zero attached hydrogens (tertiary/aromatic N) is 4. The van der Waals surface area contributed by atoms with E-state index in [1.807, 2.05) is 0 Å². The summed E-state index contributed by atoms with van der Waals surface area (Å²) in [6.45, 7) is -0.0566. The number of nitrogens with one attached hydrogen (secondary N) is 1. The molecule has 10 heteroatoms. The molecule has 0 amide bonds. The van der Waals surface area contributed by atoms with E-state index >= 15 is 0 Å². The number of aliphatic hydroxyl groups is 2. The highest BCUT2D eigenvalue weighted by Gasteiger charge is 2.51. The van der Waals surface area contributed by atoms with Gasteiger partial charge < -0.3 is 20.3 Å². The van der Waals surface area contributed by atoms with Gasteiger partial charge in [-0.25, -0.2) is 15.0 Å². The summed E-state index contributed by atoms with van der Waals surface area (Å²) in [5.74, 6) is 6.65. The van der Waals surface area contributed by atoms with Crippen LogP contribution in [0.5, 0.6) is 0 Å². The summed E-state index contributed by atoms with van der Waals surface area (Å²) >= 11 is 7.32. The Morgan fingerprint density at radius 3 is 2.77 bits per heavy atom. The van der Waals surface area contributed by atoms with Crippen molar-refractivity contribution in [1.82, 2.24) is 19.5 Å². The molecule has 8 nitrogen and oxygen atoms in total. The third-order valence-corrected chi connectivity index (χ3v) is 6.71. The van der Waals surface area contributed by atoms with Gasteiger partial charge in [-0.3, -0.25) is 4.57 Å². The second kappa shape index (κ2) is 7.80. The maximum Gasteiger partial charge on any atom is 0.241 e. The van der Waals surface area contributed by atoms with Gasteiger partial charge in [0.2, 0.25) is 5.72 Å². The molecule has 3 atom stereocenters. The van der Waals surface area contributed by atoms with Crippen LogP contribution in [0.2, 0.25) is 4.34 Å². The summed E-state index contributed by atoms with van der Waals surface area (Å²) in [5, 5.41) is 24.5. The first-order chi connectivity index (χ1) is 14.6. The fraction of sp³-hybridized carbons (Fsp3) is 0.450. The Hall–Kier alpha value is -2.22. The van der Waals surface area contributed by atoms with Crippen LogP contribution in [0.3, 0.4) is 0 Å². The monoisotopic (exact) mass is 445 g/mol. The summed E-state index contributed by atoms with van der Waals surface area (Å²) in [5.41, 5.74) is -0.483. The summed E-state index contributed by atoms with van der Waals surface area (Å²) in [6.07, 6.45) is 5.21. The van der Waals surface area contributed by atoms with Crippen molar-refractivity contribution in [3.63, 3.8) is 0 Å². The van der Waals surface area contributed by atoms with Gasteiger partial charge in [0.25, 0.3) is 0 Å². The van der Waals surface area contributed by atoms with Gasteiger partial charge in [0.05, 0.1) is 15.8 Å². The van der Waals surface area contributed by atoms with E-state index < -0.39 is 17.9 Å². The van der Waals surface area contributed by atoms with E-state index in [0.29, 0.717) is 27.4 Å². The lowest BCUT2D eigenvalue weighted by atomic mass is 10.0. The molecule has 1 aliphatic heterocycles. The molecule has 0 unspecified atom stereocenters. The summed E-state index contributed by atoms with van der Waals surface area (Å²) in [4.78, 5) is 13.9. The zero-order chi connectivity index (χ0) is 20.7.